The van der Waals surface area contributed by atoms with Crippen LogP contribution in [-0.2, 0) is 0 Å². The fraction of sp³-hybridized carbons (Fsp3) is 0.200. The predicted octanol–water partition coefficient (Wildman–Crippen LogP) is 4.39. The molecule has 0 radical (unpaired) electrons. The molecule has 2 rings (SSSR count). The fourth-order valence-electron chi connectivity index (χ4n) is 1.68. The normalized spacial score (nSPS) is 12.2. The molecule has 0 bridgehead atoms. The monoisotopic (exact) mass is 278 g/mol. The molecule has 2 aromatic rings. The van der Waals surface area contributed by atoms with Crippen LogP contribution in [0.25, 0.3) is 0 Å². The Kier molecular flexibility index (Phi) is 4.45. The second kappa shape index (κ2) is 6.08. The molecule has 0 spiro atoms. The quantitative estimate of drug-likeness (QED) is 0.841. The first kappa shape index (κ1) is 13.9. The highest BCUT2D eigenvalue weighted by Crippen LogP contribution is 2.33. The zero-order valence-electron chi connectivity index (χ0n) is 10.8. The molecule has 4 heteroatoms. The summed E-state index contributed by atoms with van der Waals surface area (Å²) in [5.41, 5.74) is 0.531. The molecule has 0 saturated carbocycles. The van der Waals surface area contributed by atoms with E-state index >= 15 is 0 Å². The minimum absolute atomic E-state index is 0.158. The Bertz CT molecular complexity index is 570. The number of hydrogen-bond acceptors (Lipinski definition) is 3. The molecule has 0 fully saturated rings. The molecule has 2 aromatic carbocycles. The van der Waals surface area contributed by atoms with Crippen molar-refractivity contribution in [3.05, 3.63) is 53.8 Å². The average Bonchev–Trinajstić information content (AvgIpc) is 2.41. The summed E-state index contributed by atoms with van der Waals surface area (Å²) in [4.78, 5) is 0.946. The molecule has 1 N–H and O–H groups in total. The summed E-state index contributed by atoms with van der Waals surface area (Å²) < 4.78 is 19.5. The number of para-hydroxylation sites is 1. The number of aliphatic hydroxyl groups excluding tert-OH is 1. The van der Waals surface area contributed by atoms with Gasteiger partial charge in [0, 0.05) is 4.90 Å². The van der Waals surface area contributed by atoms with Crippen molar-refractivity contribution in [2.24, 2.45) is 0 Å². The third-order valence-corrected chi connectivity index (χ3v) is 3.50. The van der Waals surface area contributed by atoms with Gasteiger partial charge in [0.1, 0.15) is 5.75 Å². The Morgan fingerprint density at radius 2 is 1.89 bits per heavy atom. The topological polar surface area (TPSA) is 29.5 Å². The van der Waals surface area contributed by atoms with E-state index in [9.17, 15) is 9.50 Å². The van der Waals surface area contributed by atoms with Crippen molar-refractivity contribution in [1.29, 1.82) is 0 Å². The fourth-order valence-corrected chi connectivity index (χ4v) is 2.21. The summed E-state index contributed by atoms with van der Waals surface area (Å²) in [6, 6.07) is 12.0. The van der Waals surface area contributed by atoms with Gasteiger partial charge >= 0.3 is 0 Å². The largest absolute Gasteiger partial charge is 0.453 e. The first-order valence-corrected chi connectivity index (χ1v) is 7.12. The molecule has 100 valence electrons. The molecule has 19 heavy (non-hydrogen) atoms. The van der Waals surface area contributed by atoms with E-state index in [4.69, 9.17) is 4.74 Å². The first-order valence-electron chi connectivity index (χ1n) is 5.90. The van der Waals surface area contributed by atoms with E-state index in [0.29, 0.717) is 11.3 Å². The van der Waals surface area contributed by atoms with Crippen LogP contribution in [0.2, 0.25) is 0 Å². The van der Waals surface area contributed by atoms with Crippen LogP contribution in [0.3, 0.4) is 0 Å². The number of ether oxygens (including phenoxy) is 1. The molecular formula is C15H15FO2S. The highest BCUT2D eigenvalue weighted by molar-refractivity contribution is 7.98. The van der Waals surface area contributed by atoms with Crippen LogP contribution >= 0.6 is 11.8 Å². The number of halogens is 1. The number of benzene rings is 2. The van der Waals surface area contributed by atoms with Crippen molar-refractivity contribution in [3.8, 4) is 11.5 Å². The number of rotatable bonds is 4. The van der Waals surface area contributed by atoms with Gasteiger partial charge in [0.2, 0.25) is 0 Å². The summed E-state index contributed by atoms with van der Waals surface area (Å²) in [6.45, 7) is 1.60. The van der Waals surface area contributed by atoms with Crippen molar-refractivity contribution in [2.45, 2.75) is 17.9 Å². The molecule has 0 aliphatic rings. The Morgan fingerprint density at radius 3 is 2.53 bits per heavy atom. The van der Waals surface area contributed by atoms with Crippen molar-refractivity contribution in [1.82, 2.24) is 0 Å². The molecule has 0 aliphatic heterocycles. The maximum Gasteiger partial charge on any atom is 0.166 e. The van der Waals surface area contributed by atoms with Gasteiger partial charge in [0.05, 0.1) is 6.10 Å². The molecule has 0 saturated heterocycles. The SMILES string of the molecule is CSc1ccccc1Oc1ccc([C@@H](C)O)cc1F. The van der Waals surface area contributed by atoms with E-state index in [1.807, 2.05) is 24.5 Å². The highest BCUT2D eigenvalue weighted by atomic mass is 32.2. The Morgan fingerprint density at radius 1 is 1.16 bits per heavy atom. The van der Waals surface area contributed by atoms with E-state index in [2.05, 4.69) is 0 Å². The Balaban J connectivity index is 2.28. The van der Waals surface area contributed by atoms with Crippen LogP contribution in [0.1, 0.15) is 18.6 Å². The summed E-state index contributed by atoms with van der Waals surface area (Å²) in [5, 5.41) is 9.40. The lowest BCUT2D eigenvalue weighted by Gasteiger charge is -2.11. The van der Waals surface area contributed by atoms with Crippen LogP contribution in [0, 0.1) is 5.82 Å². The standard InChI is InChI=1S/C15H15FO2S/c1-10(17)11-7-8-13(12(16)9-11)18-14-5-3-4-6-15(14)19-2/h3-10,17H,1-2H3/t10-/m1/s1. The third kappa shape index (κ3) is 3.28. The molecule has 0 aliphatic carbocycles. The maximum atomic E-state index is 13.9. The second-order valence-electron chi connectivity index (χ2n) is 4.12. The Hall–Kier alpha value is -1.52. The van der Waals surface area contributed by atoms with Gasteiger partial charge < -0.3 is 9.84 Å². The third-order valence-electron chi connectivity index (χ3n) is 2.73. The zero-order valence-corrected chi connectivity index (χ0v) is 11.6. The van der Waals surface area contributed by atoms with E-state index in [1.54, 1.807) is 30.8 Å². The van der Waals surface area contributed by atoms with Crippen LogP contribution < -0.4 is 4.74 Å². The van der Waals surface area contributed by atoms with Gasteiger partial charge in [-0.3, -0.25) is 0 Å². The second-order valence-corrected chi connectivity index (χ2v) is 4.97. The Labute approximate surface area is 116 Å². The molecule has 1 atom stereocenters. The molecule has 0 amide bonds. The minimum Gasteiger partial charge on any atom is -0.453 e. The van der Waals surface area contributed by atoms with E-state index in [0.717, 1.165) is 4.90 Å². The molecular weight excluding hydrogens is 263 g/mol. The zero-order chi connectivity index (χ0) is 13.8. The van der Waals surface area contributed by atoms with Crippen LogP contribution in [0.15, 0.2) is 47.4 Å². The van der Waals surface area contributed by atoms with Gasteiger partial charge in [-0.15, -0.1) is 11.8 Å². The maximum absolute atomic E-state index is 13.9. The van der Waals surface area contributed by atoms with Gasteiger partial charge in [-0.05, 0) is 43.0 Å². The molecule has 0 unspecified atom stereocenters. The first-order chi connectivity index (χ1) is 9.11. The number of aliphatic hydroxyl groups is 1. The average molecular weight is 278 g/mol. The van der Waals surface area contributed by atoms with Crippen molar-refractivity contribution in [3.63, 3.8) is 0 Å². The lowest BCUT2D eigenvalue weighted by molar-refractivity contribution is 0.198. The van der Waals surface area contributed by atoms with Gasteiger partial charge in [0.15, 0.2) is 11.6 Å². The van der Waals surface area contributed by atoms with E-state index < -0.39 is 11.9 Å². The number of hydrogen-bond donors (Lipinski definition) is 1. The van der Waals surface area contributed by atoms with Crippen molar-refractivity contribution >= 4 is 11.8 Å². The molecule has 0 aromatic heterocycles. The van der Waals surface area contributed by atoms with Crippen LogP contribution in [0.4, 0.5) is 4.39 Å². The summed E-state index contributed by atoms with van der Waals surface area (Å²) in [7, 11) is 0. The smallest absolute Gasteiger partial charge is 0.166 e. The summed E-state index contributed by atoms with van der Waals surface area (Å²) in [6.07, 6.45) is 1.25. The summed E-state index contributed by atoms with van der Waals surface area (Å²) in [5.74, 6) is 0.305. The minimum atomic E-state index is -0.693. The van der Waals surface area contributed by atoms with Gasteiger partial charge in [0.25, 0.3) is 0 Å². The van der Waals surface area contributed by atoms with Crippen molar-refractivity contribution in [2.75, 3.05) is 6.26 Å². The predicted molar refractivity (Wildman–Crippen MR) is 75.3 cm³/mol. The van der Waals surface area contributed by atoms with Gasteiger partial charge in [-0.1, -0.05) is 18.2 Å². The van der Waals surface area contributed by atoms with Crippen molar-refractivity contribution < 1.29 is 14.2 Å². The van der Waals surface area contributed by atoms with E-state index in [-0.39, 0.29) is 5.75 Å². The van der Waals surface area contributed by atoms with Crippen LogP contribution in [0.5, 0.6) is 11.5 Å². The highest BCUT2D eigenvalue weighted by Gasteiger charge is 2.10. The lowest BCUT2D eigenvalue weighted by atomic mass is 10.1. The van der Waals surface area contributed by atoms with E-state index in [1.165, 1.54) is 12.1 Å². The van der Waals surface area contributed by atoms with Gasteiger partial charge in [-0.2, -0.15) is 0 Å². The van der Waals surface area contributed by atoms with Crippen LogP contribution in [-0.4, -0.2) is 11.4 Å². The lowest BCUT2D eigenvalue weighted by Crippen LogP contribution is -1.95. The molecule has 2 nitrogen and oxygen atoms in total. The number of thioether (sulfide) groups is 1. The molecule has 0 heterocycles. The van der Waals surface area contributed by atoms with Gasteiger partial charge in [-0.25, -0.2) is 4.39 Å². The summed E-state index contributed by atoms with van der Waals surface area (Å²) >= 11 is 1.54.